The van der Waals surface area contributed by atoms with Crippen molar-refractivity contribution in [2.45, 2.75) is 76.0 Å². The molecule has 0 N–H and O–H groups in total. The first-order valence-corrected chi connectivity index (χ1v) is 19.9. The van der Waals surface area contributed by atoms with Crippen LogP contribution in [0.25, 0.3) is 0 Å². The summed E-state index contributed by atoms with van der Waals surface area (Å²) in [5.41, 5.74) is 9.12. The van der Waals surface area contributed by atoms with Crippen molar-refractivity contribution < 1.29 is 23.7 Å². The number of benzene rings is 6. The van der Waals surface area contributed by atoms with E-state index in [4.69, 9.17) is 23.7 Å². The van der Waals surface area contributed by atoms with Gasteiger partial charge in [-0.05, 0) is 75.4 Å². The van der Waals surface area contributed by atoms with Crippen molar-refractivity contribution in [3.05, 3.63) is 220 Å². The summed E-state index contributed by atoms with van der Waals surface area (Å²) in [6, 6.07) is 58.6. The van der Waals surface area contributed by atoms with Crippen LogP contribution in [0.5, 0.6) is 5.75 Å². The summed E-state index contributed by atoms with van der Waals surface area (Å²) >= 11 is 0. The van der Waals surface area contributed by atoms with Crippen LogP contribution in [-0.4, -0.2) is 31.0 Å². The van der Waals surface area contributed by atoms with E-state index in [0.29, 0.717) is 33.0 Å². The zero-order chi connectivity index (χ0) is 37.8. The predicted octanol–water partition coefficient (Wildman–Crippen LogP) is 10.8. The zero-order valence-electron chi connectivity index (χ0n) is 31.8. The molecule has 1 fully saturated rings. The van der Waals surface area contributed by atoms with Crippen molar-refractivity contribution in [1.29, 1.82) is 0 Å². The number of para-hydroxylation sites is 1. The average molecular weight is 743 g/mol. The Labute approximate surface area is 331 Å². The van der Waals surface area contributed by atoms with Gasteiger partial charge in [-0.3, -0.25) is 0 Å². The predicted molar refractivity (Wildman–Crippen MR) is 221 cm³/mol. The van der Waals surface area contributed by atoms with Crippen LogP contribution in [0.3, 0.4) is 0 Å². The molecule has 8 rings (SSSR count). The summed E-state index contributed by atoms with van der Waals surface area (Å²) in [5, 5.41) is 0. The Balaban J connectivity index is 1.14. The van der Waals surface area contributed by atoms with E-state index in [1.807, 2.05) is 78.9 Å². The lowest BCUT2D eigenvalue weighted by atomic mass is 9.88. The van der Waals surface area contributed by atoms with Crippen molar-refractivity contribution in [2.24, 2.45) is 0 Å². The van der Waals surface area contributed by atoms with Gasteiger partial charge in [-0.2, -0.15) is 0 Å². The summed E-state index contributed by atoms with van der Waals surface area (Å²) < 4.78 is 34.4. The molecular weight excluding hydrogens is 693 g/mol. The maximum absolute atomic E-state index is 7.13. The van der Waals surface area contributed by atoms with E-state index in [1.54, 1.807) is 0 Å². The van der Waals surface area contributed by atoms with Crippen LogP contribution in [-0.2, 0) is 51.8 Å². The lowest BCUT2D eigenvalue weighted by molar-refractivity contribution is -0.169. The fraction of sp³-hybridized carbons (Fsp3) is 0.255. The molecule has 0 aliphatic heterocycles. The second kappa shape index (κ2) is 19.0. The van der Waals surface area contributed by atoms with Crippen LogP contribution in [0.4, 0.5) is 0 Å². The van der Waals surface area contributed by atoms with Crippen LogP contribution in [0.2, 0.25) is 0 Å². The van der Waals surface area contributed by atoms with Gasteiger partial charge < -0.3 is 23.7 Å². The highest BCUT2D eigenvalue weighted by Crippen LogP contribution is 2.40. The molecule has 0 saturated heterocycles. The van der Waals surface area contributed by atoms with Gasteiger partial charge in [-0.15, -0.1) is 0 Å². The first-order valence-electron chi connectivity index (χ1n) is 19.9. The molecule has 6 aromatic carbocycles. The summed E-state index contributed by atoms with van der Waals surface area (Å²) in [6.45, 7) is 2.01. The molecule has 56 heavy (non-hydrogen) atoms. The van der Waals surface area contributed by atoms with E-state index in [2.05, 4.69) is 97.1 Å². The Morgan fingerprint density at radius 1 is 0.429 bits per heavy atom. The molecule has 2 aliphatic carbocycles. The molecular formula is C51H50O5. The highest BCUT2D eigenvalue weighted by molar-refractivity contribution is 5.40. The van der Waals surface area contributed by atoms with E-state index < -0.39 is 24.4 Å². The Kier molecular flexibility index (Phi) is 12.8. The average Bonchev–Trinajstić information content (AvgIpc) is 4.11. The number of ether oxygens (including phenoxy) is 5. The molecule has 2 aliphatic rings. The fourth-order valence-electron chi connectivity index (χ4n) is 7.39. The molecule has 4 unspecified atom stereocenters. The third kappa shape index (κ3) is 10.3. The molecule has 0 aromatic heterocycles. The van der Waals surface area contributed by atoms with E-state index in [-0.39, 0.29) is 0 Å². The molecule has 284 valence electrons. The quantitative estimate of drug-likeness (QED) is 0.0821. The van der Waals surface area contributed by atoms with E-state index in [9.17, 15) is 0 Å². The molecule has 0 radical (unpaired) electrons. The zero-order valence-corrected chi connectivity index (χ0v) is 31.8. The number of rotatable bonds is 18. The highest BCUT2D eigenvalue weighted by Gasteiger charge is 2.44. The second-order valence-electron chi connectivity index (χ2n) is 14.8. The van der Waals surface area contributed by atoms with Crippen LogP contribution in [0.1, 0.15) is 57.7 Å². The largest absolute Gasteiger partial charge is 0.483 e. The molecule has 0 amide bonds. The first-order chi connectivity index (χ1) is 27.7. The van der Waals surface area contributed by atoms with Gasteiger partial charge >= 0.3 is 0 Å². The van der Waals surface area contributed by atoms with Crippen LogP contribution < -0.4 is 4.74 Å². The number of hydrogen-bond donors (Lipinski definition) is 0. The van der Waals surface area contributed by atoms with Crippen molar-refractivity contribution in [1.82, 2.24) is 0 Å². The normalized spacial score (nSPS) is 19.3. The van der Waals surface area contributed by atoms with Crippen LogP contribution in [0.15, 0.2) is 182 Å². The Hall–Kier alpha value is -5.30. The van der Waals surface area contributed by atoms with Crippen molar-refractivity contribution >= 4 is 0 Å². The third-order valence-corrected chi connectivity index (χ3v) is 10.6. The van der Waals surface area contributed by atoms with Gasteiger partial charge in [-0.1, -0.05) is 164 Å². The lowest BCUT2D eigenvalue weighted by Gasteiger charge is -2.42. The smallest absolute Gasteiger partial charge is 0.146 e. The molecule has 0 heterocycles. The van der Waals surface area contributed by atoms with Crippen LogP contribution >= 0.6 is 0 Å². The highest BCUT2D eigenvalue weighted by atomic mass is 16.6. The fourth-order valence-corrected chi connectivity index (χ4v) is 7.39. The molecule has 4 atom stereocenters. The van der Waals surface area contributed by atoms with Gasteiger partial charge in [0.05, 0.1) is 33.0 Å². The maximum atomic E-state index is 7.13. The summed E-state index contributed by atoms with van der Waals surface area (Å²) in [5.74, 6) is 1.55. The number of hydrogen-bond acceptors (Lipinski definition) is 5. The Morgan fingerprint density at radius 3 is 1.50 bits per heavy atom. The van der Waals surface area contributed by atoms with Gasteiger partial charge in [0.1, 0.15) is 30.2 Å². The minimum absolute atomic E-state index is 0.347. The van der Waals surface area contributed by atoms with Gasteiger partial charge in [0.15, 0.2) is 0 Å². The SMILES string of the molecule is C1=C(COCc2ccccc2)C(OCc2ccccc2)C(OCc2ccccc2)C(OCc2ccccc2)C1Oc1ccccc1Cc1ccc(C2CC2)cc1. The topological polar surface area (TPSA) is 46.2 Å². The summed E-state index contributed by atoms with van der Waals surface area (Å²) in [7, 11) is 0. The Morgan fingerprint density at radius 2 is 0.929 bits per heavy atom. The lowest BCUT2D eigenvalue weighted by Crippen LogP contribution is -2.54. The molecule has 0 bridgehead atoms. The van der Waals surface area contributed by atoms with E-state index >= 15 is 0 Å². The first kappa shape index (κ1) is 37.6. The van der Waals surface area contributed by atoms with Gasteiger partial charge in [0.2, 0.25) is 0 Å². The molecule has 6 aromatic rings. The van der Waals surface area contributed by atoms with Gasteiger partial charge in [-0.25, -0.2) is 0 Å². The molecule has 1 saturated carbocycles. The molecule has 5 nitrogen and oxygen atoms in total. The second-order valence-corrected chi connectivity index (χ2v) is 14.8. The van der Waals surface area contributed by atoms with Crippen molar-refractivity contribution in [3.8, 4) is 5.75 Å². The van der Waals surface area contributed by atoms with Crippen molar-refractivity contribution in [3.63, 3.8) is 0 Å². The summed E-state index contributed by atoms with van der Waals surface area (Å²) in [4.78, 5) is 0. The maximum Gasteiger partial charge on any atom is 0.146 e. The van der Waals surface area contributed by atoms with Gasteiger partial charge in [0.25, 0.3) is 0 Å². The van der Waals surface area contributed by atoms with Crippen LogP contribution in [0, 0.1) is 0 Å². The minimum atomic E-state index is -0.518. The third-order valence-electron chi connectivity index (χ3n) is 10.6. The van der Waals surface area contributed by atoms with Crippen molar-refractivity contribution in [2.75, 3.05) is 6.61 Å². The molecule has 5 heteroatoms. The standard InChI is InChI=1S/C51H50O5/c1-5-15-39(16-6-1)33-52-37-46-32-48(56-47-24-14-13-23-45(47)31-38-25-27-43(28-26-38)44-29-30-44)50(54-35-41-19-9-3-10-20-41)51(55-36-42-21-11-4-12-22-42)49(46)53-34-40-17-7-2-8-18-40/h1-28,32,44,48-51H,29-31,33-37H2. The Bertz CT molecular complexity index is 2100. The molecule has 0 spiro atoms. The van der Waals surface area contributed by atoms with Gasteiger partial charge in [0, 0.05) is 6.42 Å². The minimum Gasteiger partial charge on any atom is -0.483 e. The van der Waals surface area contributed by atoms with E-state index in [0.717, 1.165) is 51.5 Å². The summed E-state index contributed by atoms with van der Waals surface area (Å²) in [6.07, 6.45) is 3.54. The monoisotopic (exact) mass is 742 g/mol. The van der Waals surface area contributed by atoms with E-state index in [1.165, 1.54) is 24.0 Å².